The van der Waals surface area contributed by atoms with Crippen molar-refractivity contribution >= 4 is 0 Å². The second kappa shape index (κ2) is 7.51. The van der Waals surface area contributed by atoms with Gasteiger partial charge in [0.1, 0.15) is 0 Å². The SMILES string of the molecule is COCCNCc1cn(CCOCC2CC2)cn1. The normalized spacial score (nSPS) is 15.2. The molecule has 1 aliphatic rings. The maximum absolute atomic E-state index is 5.60. The Kier molecular flexibility index (Phi) is 5.64. The average molecular weight is 253 g/mol. The molecule has 1 aromatic heterocycles. The van der Waals surface area contributed by atoms with Gasteiger partial charge in [-0.05, 0) is 18.8 Å². The molecule has 1 aliphatic carbocycles. The maximum Gasteiger partial charge on any atom is 0.0950 e. The van der Waals surface area contributed by atoms with Gasteiger partial charge in [0, 0.05) is 39.5 Å². The van der Waals surface area contributed by atoms with E-state index in [2.05, 4.69) is 21.1 Å². The Morgan fingerprint density at radius 3 is 3.11 bits per heavy atom. The van der Waals surface area contributed by atoms with Gasteiger partial charge in [-0.2, -0.15) is 0 Å². The standard InChI is InChI=1S/C13H23N3O2/c1-17-6-4-14-8-13-9-16(11-15-13)5-7-18-10-12-2-3-12/h9,11-12,14H,2-8,10H2,1H3. The number of nitrogens with one attached hydrogen (secondary N) is 1. The molecule has 1 heterocycles. The number of imidazole rings is 1. The first-order valence-corrected chi connectivity index (χ1v) is 6.66. The quantitative estimate of drug-likeness (QED) is 0.633. The summed E-state index contributed by atoms with van der Waals surface area (Å²) in [6, 6.07) is 0. The van der Waals surface area contributed by atoms with E-state index < -0.39 is 0 Å². The van der Waals surface area contributed by atoms with Crippen molar-refractivity contribution in [3.63, 3.8) is 0 Å². The summed E-state index contributed by atoms with van der Waals surface area (Å²) in [5.41, 5.74) is 1.06. The van der Waals surface area contributed by atoms with Crippen LogP contribution in [0.1, 0.15) is 18.5 Å². The summed E-state index contributed by atoms with van der Waals surface area (Å²) in [6.45, 7) is 4.98. The van der Waals surface area contributed by atoms with E-state index in [1.165, 1.54) is 12.8 Å². The van der Waals surface area contributed by atoms with E-state index in [1.54, 1.807) is 7.11 Å². The Morgan fingerprint density at radius 1 is 1.44 bits per heavy atom. The molecule has 0 saturated heterocycles. The first-order chi connectivity index (χ1) is 8.88. The highest BCUT2D eigenvalue weighted by Gasteiger charge is 2.20. The van der Waals surface area contributed by atoms with Crippen LogP contribution in [0.3, 0.4) is 0 Å². The fourth-order valence-corrected chi connectivity index (χ4v) is 1.72. The van der Waals surface area contributed by atoms with Crippen LogP contribution in [0.2, 0.25) is 0 Å². The second-order valence-electron chi connectivity index (χ2n) is 4.79. The molecule has 5 heteroatoms. The van der Waals surface area contributed by atoms with Crippen LogP contribution in [0.15, 0.2) is 12.5 Å². The molecule has 0 amide bonds. The van der Waals surface area contributed by atoms with Gasteiger partial charge in [0.25, 0.3) is 0 Å². The number of ether oxygens (including phenoxy) is 2. The Labute approximate surface area is 108 Å². The van der Waals surface area contributed by atoms with Crippen LogP contribution in [0.25, 0.3) is 0 Å². The summed E-state index contributed by atoms with van der Waals surface area (Å²) in [5.74, 6) is 0.841. The van der Waals surface area contributed by atoms with Crippen LogP contribution in [0, 0.1) is 5.92 Å². The lowest BCUT2D eigenvalue weighted by Gasteiger charge is -2.03. The van der Waals surface area contributed by atoms with Crippen LogP contribution < -0.4 is 5.32 Å². The number of aromatic nitrogens is 2. The predicted octanol–water partition coefficient (Wildman–Crippen LogP) is 1.05. The summed E-state index contributed by atoms with van der Waals surface area (Å²) in [4.78, 5) is 4.34. The molecule has 1 N–H and O–H groups in total. The van der Waals surface area contributed by atoms with Crippen molar-refractivity contribution in [2.75, 3.05) is 33.5 Å². The van der Waals surface area contributed by atoms with Gasteiger partial charge < -0.3 is 19.4 Å². The summed E-state index contributed by atoms with van der Waals surface area (Å²) in [6.07, 6.45) is 6.64. The zero-order valence-electron chi connectivity index (χ0n) is 11.1. The molecule has 1 saturated carbocycles. The fourth-order valence-electron chi connectivity index (χ4n) is 1.72. The molecular formula is C13H23N3O2. The fraction of sp³-hybridized carbons (Fsp3) is 0.769. The highest BCUT2D eigenvalue weighted by molar-refractivity contribution is 4.96. The van der Waals surface area contributed by atoms with Gasteiger partial charge in [-0.15, -0.1) is 0 Å². The van der Waals surface area contributed by atoms with E-state index in [9.17, 15) is 0 Å². The number of rotatable bonds is 10. The Morgan fingerprint density at radius 2 is 2.33 bits per heavy atom. The number of hydrogen-bond acceptors (Lipinski definition) is 4. The molecule has 2 rings (SSSR count). The van der Waals surface area contributed by atoms with Gasteiger partial charge >= 0.3 is 0 Å². The third-order valence-corrected chi connectivity index (χ3v) is 3.02. The predicted molar refractivity (Wildman–Crippen MR) is 69.4 cm³/mol. The summed E-state index contributed by atoms with van der Waals surface area (Å²) >= 11 is 0. The summed E-state index contributed by atoms with van der Waals surface area (Å²) in [7, 11) is 1.71. The third kappa shape index (κ3) is 5.16. The lowest BCUT2D eigenvalue weighted by molar-refractivity contribution is 0.117. The molecule has 1 aromatic rings. The lowest BCUT2D eigenvalue weighted by atomic mass is 10.4. The molecule has 102 valence electrons. The van der Waals surface area contributed by atoms with E-state index >= 15 is 0 Å². The van der Waals surface area contributed by atoms with Crippen LogP contribution in [-0.2, 0) is 22.6 Å². The van der Waals surface area contributed by atoms with Gasteiger partial charge in [0.2, 0.25) is 0 Å². The molecule has 0 spiro atoms. The zero-order chi connectivity index (χ0) is 12.6. The zero-order valence-corrected chi connectivity index (χ0v) is 11.1. The van der Waals surface area contributed by atoms with Crippen molar-refractivity contribution in [2.45, 2.75) is 25.9 Å². The largest absolute Gasteiger partial charge is 0.383 e. The topological polar surface area (TPSA) is 48.3 Å². The molecule has 0 atom stereocenters. The minimum Gasteiger partial charge on any atom is -0.383 e. The molecule has 1 fully saturated rings. The minimum absolute atomic E-state index is 0.732. The monoisotopic (exact) mass is 253 g/mol. The van der Waals surface area contributed by atoms with Gasteiger partial charge in [-0.25, -0.2) is 4.98 Å². The highest BCUT2D eigenvalue weighted by atomic mass is 16.5. The first-order valence-electron chi connectivity index (χ1n) is 6.66. The molecule has 0 bridgehead atoms. The highest BCUT2D eigenvalue weighted by Crippen LogP contribution is 2.28. The number of methoxy groups -OCH3 is 1. The van der Waals surface area contributed by atoms with Crippen LogP contribution >= 0.6 is 0 Å². The first kappa shape index (κ1) is 13.5. The van der Waals surface area contributed by atoms with Crippen LogP contribution in [0.4, 0.5) is 0 Å². The van der Waals surface area contributed by atoms with Crippen molar-refractivity contribution in [3.05, 3.63) is 18.2 Å². The van der Waals surface area contributed by atoms with Crippen molar-refractivity contribution in [1.82, 2.24) is 14.9 Å². The maximum atomic E-state index is 5.60. The minimum atomic E-state index is 0.732. The summed E-state index contributed by atoms with van der Waals surface area (Å²) in [5, 5.41) is 3.27. The molecule has 0 aliphatic heterocycles. The second-order valence-corrected chi connectivity index (χ2v) is 4.79. The molecule has 0 aromatic carbocycles. The summed E-state index contributed by atoms with van der Waals surface area (Å²) < 4.78 is 12.7. The number of hydrogen-bond donors (Lipinski definition) is 1. The van der Waals surface area contributed by atoms with Gasteiger partial charge in [0.05, 0.1) is 25.2 Å². The Bertz CT molecular complexity index is 337. The van der Waals surface area contributed by atoms with E-state index in [0.29, 0.717) is 0 Å². The molecular weight excluding hydrogens is 230 g/mol. The van der Waals surface area contributed by atoms with E-state index in [1.807, 2.05) is 6.33 Å². The van der Waals surface area contributed by atoms with Crippen molar-refractivity contribution in [2.24, 2.45) is 5.92 Å². The molecule has 5 nitrogen and oxygen atoms in total. The molecule has 18 heavy (non-hydrogen) atoms. The smallest absolute Gasteiger partial charge is 0.0950 e. The van der Waals surface area contributed by atoms with Crippen LogP contribution in [0.5, 0.6) is 0 Å². The third-order valence-electron chi connectivity index (χ3n) is 3.02. The van der Waals surface area contributed by atoms with E-state index in [0.717, 1.165) is 51.1 Å². The molecule has 0 unspecified atom stereocenters. The Balaban J connectivity index is 1.56. The van der Waals surface area contributed by atoms with Gasteiger partial charge in [0.15, 0.2) is 0 Å². The number of nitrogens with zero attached hydrogens (tertiary/aromatic N) is 2. The van der Waals surface area contributed by atoms with Crippen molar-refractivity contribution in [3.8, 4) is 0 Å². The van der Waals surface area contributed by atoms with Crippen molar-refractivity contribution < 1.29 is 9.47 Å². The van der Waals surface area contributed by atoms with Gasteiger partial charge in [-0.3, -0.25) is 0 Å². The lowest BCUT2D eigenvalue weighted by Crippen LogP contribution is -2.18. The van der Waals surface area contributed by atoms with E-state index in [4.69, 9.17) is 9.47 Å². The van der Waals surface area contributed by atoms with E-state index in [-0.39, 0.29) is 0 Å². The van der Waals surface area contributed by atoms with Crippen molar-refractivity contribution in [1.29, 1.82) is 0 Å². The average Bonchev–Trinajstić information content (AvgIpc) is 3.10. The Hall–Kier alpha value is -0.910. The molecule has 0 radical (unpaired) electrons. The van der Waals surface area contributed by atoms with Crippen LogP contribution in [-0.4, -0.2) is 43.0 Å². The van der Waals surface area contributed by atoms with Gasteiger partial charge in [-0.1, -0.05) is 0 Å².